The molecule has 1 N–H and O–H groups in total. The Morgan fingerprint density at radius 1 is 1.32 bits per heavy atom. The average Bonchev–Trinajstić information content (AvgIpc) is 3.09. The van der Waals surface area contributed by atoms with Crippen molar-refractivity contribution in [3.8, 4) is 0 Å². The lowest BCUT2D eigenvalue weighted by Crippen LogP contribution is -2.38. The summed E-state index contributed by atoms with van der Waals surface area (Å²) in [5.74, 6) is 0.169. The third kappa shape index (κ3) is 2.14. The van der Waals surface area contributed by atoms with Crippen LogP contribution < -0.4 is 0 Å². The number of aromatic amines is 1. The first kappa shape index (κ1) is 12.3. The lowest BCUT2D eigenvalue weighted by molar-refractivity contribution is 0.0695. The van der Waals surface area contributed by atoms with Crippen LogP contribution in [0, 0.1) is 0 Å². The molecule has 3 rings (SSSR count). The number of benzene rings is 1. The summed E-state index contributed by atoms with van der Waals surface area (Å²) in [4.78, 5) is 18.0. The Labute approximate surface area is 113 Å². The second kappa shape index (κ2) is 5.08. The number of rotatable bonds is 3. The molecule has 1 fully saturated rings. The molecule has 0 atom stereocenters. The van der Waals surface area contributed by atoms with E-state index in [1.807, 2.05) is 35.4 Å². The van der Waals surface area contributed by atoms with E-state index in [1.54, 1.807) is 0 Å². The van der Waals surface area contributed by atoms with Gasteiger partial charge in [0.2, 0.25) is 0 Å². The molecule has 19 heavy (non-hydrogen) atoms. The van der Waals surface area contributed by atoms with Crippen molar-refractivity contribution in [1.82, 2.24) is 9.88 Å². The Balaban J connectivity index is 1.95. The molecule has 0 radical (unpaired) electrons. The predicted octanol–water partition coefficient (Wildman–Crippen LogP) is 3.57. The molecule has 0 aliphatic heterocycles. The van der Waals surface area contributed by atoms with Crippen molar-refractivity contribution in [2.75, 3.05) is 6.54 Å². The molecule has 1 aliphatic rings. The van der Waals surface area contributed by atoms with Crippen molar-refractivity contribution in [2.45, 2.75) is 38.6 Å². The summed E-state index contributed by atoms with van der Waals surface area (Å²) in [7, 11) is 0. The third-order valence-corrected chi connectivity index (χ3v) is 4.18. The number of nitrogens with one attached hydrogen (secondary N) is 1. The highest BCUT2D eigenvalue weighted by Gasteiger charge is 2.27. The molecule has 0 unspecified atom stereocenters. The summed E-state index contributed by atoms with van der Waals surface area (Å²) in [6, 6.07) is 8.37. The van der Waals surface area contributed by atoms with E-state index in [-0.39, 0.29) is 5.91 Å². The summed E-state index contributed by atoms with van der Waals surface area (Å²) in [5.41, 5.74) is 1.76. The monoisotopic (exact) mass is 256 g/mol. The van der Waals surface area contributed by atoms with E-state index in [9.17, 15) is 4.79 Å². The van der Waals surface area contributed by atoms with Gasteiger partial charge in [0.25, 0.3) is 5.91 Å². The highest BCUT2D eigenvalue weighted by Crippen LogP contribution is 2.26. The first-order valence-electron chi connectivity index (χ1n) is 7.18. The molecule has 3 nitrogen and oxygen atoms in total. The van der Waals surface area contributed by atoms with Crippen molar-refractivity contribution < 1.29 is 4.79 Å². The van der Waals surface area contributed by atoms with Crippen LogP contribution >= 0.6 is 0 Å². The van der Waals surface area contributed by atoms with Gasteiger partial charge in [-0.2, -0.15) is 0 Å². The summed E-state index contributed by atoms with van der Waals surface area (Å²) in [6.07, 6.45) is 6.70. The van der Waals surface area contributed by atoms with E-state index in [1.165, 1.54) is 12.8 Å². The first-order chi connectivity index (χ1) is 9.31. The van der Waals surface area contributed by atoms with Gasteiger partial charge >= 0.3 is 0 Å². The maximum atomic E-state index is 12.8. The Morgan fingerprint density at radius 2 is 2.11 bits per heavy atom. The molecule has 0 spiro atoms. The minimum atomic E-state index is 0.169. The van der Waals surface area contributed by atoms with Gasteiger partial charge in [-0.05, 0) is 31.9 Å². The average molecular weight is 256 g/mol. The standard InChI is InChI=1S/C16H20N2O/c1-2-18(13-7-3-4-8-13)16(19)14-9-5-6-12-10-11-17-15(12)14/h5-6,9-11,13,17H,2-4,7-8H2,1H3. The molecule has 1 heterocycles. The van der Waals surface area contributed by atoms with Crippen LogP contribution in [0.4, 0.5) is 0 Å². The second-order valence-corrected chi connectivity index (χ2v) is 5.28. The van der Waals surface area contributed by atoms with Gasteiger partial charge in [0.15, 0.2) is 0 Å². The maximum Gasteiger partial charge on any atom is 0.256 e. The number of hydrogen-bond acceptors (Lipinski definition) is 1. The Morgan fingerprint density at radius 3 is 2.84 bits per heavy atom. The van der Waals surface area contributed by atoms with E-state index in [4.69, 9.17) is 0 Å². The quantitative estimate of drug-likeness (QED) is 0.895. The van der Waals surface area contributed by atoms with Crippen LogP contribution in [0.25, 0.3) is 10.9 Å². The molecular formula is C16H20N2O. The summed E-state index contributed by atoms with van der Waals surface area (Å²) >= 11 is 0. The van der Waals surface area contributed by atoms with Gasteiger partial charge in [-0.1, -0.05) is 25.0 Å². The second-order valence-electron chi connectivity index (χ2n) is 5.28. The fourth-order valence-electron chi connectivity index (χ4n) is 3.20. The van der Waals surface area contributed by atoms with Crippen LogP contribution in [-0.4, -0.2) is 28.4 Å². The molecule has 1 amide bonds. The van der Waals surface area contributed by atoms with Crippen molar-refractivity contribution in [1.29, 1.82) is 0 Å². The maximum absolute atomic E-state index is 12.8. The number of carbonyl (C=O) groups is 1. The molecule has 0 saturated heterocycles. The summed E-state index contributed by atoms with van der Waals surface area (Å²) < 4.78 is 0. The predicted molar refractivity (Wildman–Crippen MR) is 77.3 cm³/mol. The van der Waals surface area contributed by atoms with Crippen molar-refractivity contribution in [2.24, 2.45) is 0 Å². The molecule has 2 aromatic rings. The van der Waals surface area contributed by atoms with Gasteiger partial charge in [0.05, 0.1) is 11.1 Å². The Bertz CT molecular complexity index is 581. The lowest BCUT2D eigenvalue weighted by atomic mass is 10.1. The van der Waals surface area contributed by atoms with E-state index in [0.29, 0.717) is 6.04 Å². The van der Waals surface area contributed by atoms with Crippen LogP contribution in [0.1, 0.15) is 43.0 Å². The number of aromatic nitrogens is 1. The van der Waals surface area contributed by atoms with E-state index in [2.05, 4.69) is 11.9 Å². The molecule has 1 aromatic carbocycles. The number of hydrogen-bond donors (Lipinski definition) is 1. The van der Waals surface area contributed by atoms with Gasteiger partial charge in [-0.3, -0.25) is 4.79 Å². The molecule has 100 valence electrons. The fourth-order valence-corrected chi connectivity index (χ4v) is 3.20. The van der Waals surface area contributed by atoms with E-state index >= 15 is 0 Å². The molecule has 1 saturated carbocycles. The Kier molecular flexibility index (Phi) is 3.28. The van der Waals surface area contributed by atoms with Crippen molar-refractivity contribution in [3.05, 3.63) is 36.0 Å². The van der Waals surface area contributed by atoms with Crippen molar-refractivity contribution >= 4 is 16.8 Å². The SMILES string of the molecule is CCN(C(=O)c1cccc2cc[nH]c12)C1CCCC1. The van der Waals surface area contributed by atoms with Crippen LogP contribution in [0.3, 0.4) is 0 Å². The van der Waals surface area contributed by atoms with Gasteiger partial charge < -0.3 is 9.88 Å². The first-order valence-corrected chi connectivity index (χ1v) is 7.18. The zero-order valence-corrected chi connectivity index (χ0v) is 11.4. The number of fused-ring (bicyclic) bond motifs is 1. The summed E-state index contributed by atoms with van der Waals surface area (Å²) in [6.45, 7) is 2.87. The molecule has 1 aliphatic carbocycles. The van der Waals surface area contributed by atoms with E-state index < -0.39 is 0 Å². The largest absolute Gasteiger partial charge is 0.361 e. The number of para-hydroxylation sites is 1. The normalized spacial score (nSPS) is 16.1. The molecular weight excluding hydrogens is 236 g/mol. The van der Waals surface area contributed by atoms with Crippen LogP contribution in [0.2, 0.25) is 0 Å². The number of amides is 1. The molecule has 3 heteroatoms. The van der Waals surface area contributed by atoms with Gasteiger partial charge in [0, 0.05) is 24.2 Å². The van der Waals surface area contributed by atoms with Gasteiger partial charge in [-0.15, -0.1) is 0 Å². The minimum absolute atomic E-state index is 0.169. The van der Waals surface area contributed by atoms with E-state index in [0.717, 1.165) is 35.9 Å². The number of H-pyrrole nitrogens is 1. The van der Waals surface area contributed by atoms with Crippen LogP contribution in [0.5, 0.6) is 0 Å². The summed E-state index contributed by atoms with van der Waals surface area (Å²) in [5, 5.41) is 1.10. The molecule has 1 aromatic heterocycles. The lowest BCUT2D eigenvalue weighted by Gasteiger charge is -2.28. The highest BCUT2D eigenvalue weighted by atomic mass is 16.2. The smallest absolute Gasteiger partial charge is 0.256 e. The van der Waals surface area contributed by atoms with Crippen LogP contribution in [-0.2, 0) is 0 Å². The minimum Gasteiger partial charge on any atom is -0.361 e. The zero-order chi connectivity index (χ0) is 13.2. The number of nitrogens with zero attached hydrogens (tertiary/aromatic N) is 1. The zero-order valence-electron chi connectivity index (χ0n) is 11.4. The fraction of sp³-hybridized carbons (Fsp3) is 0.438. The topological polar surface area (TPSA) is 36.1 Å². The Hall–Kier alpha value is -1.77. The molecule has 0 bridgehead atoms. The highest BCUT2D eigenvalue weighted by molar-refractivity contribution is 6.05. The van der Waals surface area contributed by atoms with Crippen LogP contribution in [0.15, 0.2) is 30.5 Å². The van der Waals surface area contributed by atoms with Crippen molar-refractivity contribution in [3.63, 3.8) is 0 Å². The van der Waals surface area contributed by atoms with Gasteiger partial charge in [-0.25, -0.2) is 0 Å². The third-order valence-electron chi connectivity index (χ3n) is 4.18. The number of carbonyl (C=O) groups excluding carboxylic acids is 1. The van der Waals surface area contributed by atoms with Gasteiger partial charge in [0.1, 0.15) is 0 Å².